The van der Waals surface area contributed by atoms with E-state index in [1.807, 2.05) is 38.1 Å². The van der Waals surface area contributed by atoms with Gasteiger partial charge in [-0.1, -0.05) is 49.6 Å². The lowest BCUT2D eigenvalue weighted by atomic mass is 10.1. The van der Waals surface area contributed by atoms with Crippen molar-refractivity contribution in [3.63, 3.8) is 0 Å². The highest BCUT2D eigenvalue weighted by molar-refractivity contribution is 8.26. The molecule has 1 atom stereocenters. The number of thiocarbonyl (C=S) groups is 1. The van der Waals surface area contributed by atoms with Gasteiger partial charge in [-0.05, 0) is 37.1 Å². The highest BCUT2D eigenvalue weighted by atomic mass is 32.2. The highest BCUT2D eigenvalue weighted by Crippen LogP contribution is 2.36. The molecule has 1 aromatic carbocycles. The standard InChI is InChI=1S/C18H21NO3S2/c1-5-9-22-14-8-7-13(10-15(14)21-4)11-16-17(20)19(12(3)6-2)18(23)24-16/h5,7-8,10-12H,1,6,9H2,2-4H3/b16-11+. The number of rotatable bonds is 7. The molecule has 4 nitrogen and oxygen atoms in total. The Hall–Kier alpha value is -1.79. The molecule has 0 bridgehead atoms. The van der Waals surface area contributed by atoms with Crippen molar-refractivity contribution in [3.8, 4) is 11.5 Å². The van der Waals surface area contributed by atoms with E-state index in [0.29, 0.717) is 27.3 Å². The fraction of sp³-hybridized carbons (Fsp3) is 0.333. The van der Waals surface area contributed by atoms with Gasteiger partial charge in [0.1, 0.15) is 10.9 Å². The number of hydrogen-bond donors (Lipinski definition) is 0. The molecule has 1 aliphatic heterocycles. The van der Waals surface area contributed by atoms with Crippen LogP contribution in [-0.4, -0.2) is 34.9 Å². The van der Waals surface area contributed by atoms with Crippen LogP contribution in [0.1, 0.15) is 25.8 Å². The number of ether oxygens (including phenoxy) is 2. The van der Waals surface area contributed by atoms with Crippen molar-refractivity contribution in [2.45, 2.75) is 26.3 Å². The quantitative estimate of drug-likeness (QED) is 0.411. The summed E-state index contributed by atoms with van der Waals surface area (Å²) in [7, 11) is 1.59. The summed E-state index contributed by atoms with van der Waals surface area (Å²) >= 11 is 6.68. The second kappa shape index (κ2) is 8.35. The van der Waals surface area contributed by atoms with Crippen LogP contribution in [0.25, 0.3) is 6.08 Å². The average molecular weight is 364 g/mol. The predicted octanol–water partition coefficient (Wildman–Crippen LogP) is 4.26. The molecule has 128 valence electrons. The van der Waals surface area contributed by atoms with Crippen LogP contribution in [0, 0.1) is 0 Å². The molecule has 1 amide bonds. The van der Waals surface area contributed by atoms with Gasteiger partial charge in [0.15, 0.2) is 11.5 Å². The summed E-state index contributed by atoms with van der Waals surface area (Å²) in [5.41, 5.74) is 0.863. The Morgan fingerprint density at radius 1 is 1.42 bits per heavy atom. The maximum atomic E-state index is 12.6. The van der Waals surface area contributed by atoms with Gasteiger partial charge in [0, 0.05) is 6.04 Å². The Labute approximate surface area is 152 Å². The van der Waals surface area contributed by atoms with E-state index < -0.39 is 0 Å². The lowest BCUT2D eigenvalue weighted by Gasteiger charge is -2.21. The van der Waals surface area contributed by atoms with Crippen molar-refractivity contribution < 1.29 is 14.3 Å². The molecule has 1 aromatic rings. The number of hydrogen-bond acceptors (Lipinski definition) is 5. The summed E-state index contributed by atoms with van der Waals surface area (Å²) in [6.07, 6.45) is 4.37. The first-order valence-corrected chi connectivity index (χ1v) is 8.93. The summed E-state index contributed by atoms with van der Waals surface area (Å²) in [6, 6.07) is 5.65. The van der Waals surface area contributed by atoms with Crippen molar-refractivity contribution in [3.05, 3.63) is 41.3 Å². The van der Waals surface area contributed by atoms with Crippen molar-refractivity contribution in [1.82, 2.24) is 4.90 Å². The minimum absolute atomic E-state index is 0.0368. The van der Waals surface area contributed by atoms with Crippen molar-refractivity contribution in [2.24, 2.45) is 0 Å². The number of amides is 1. The number of carbonyl (C=O) groups excluding carboxylic acids is 1. The molecular formula is C18H21NO3S2. The number of methoxy groups -OCH3 is 1. The third-order valence-electron chi connectivity index (χ3n) is 3.70. The van der Waals surface area contributed by atoms with E-state index in [0.717, 1.165) is 12.0 Å². The third kappa shape index (κ3) is 3.99. The minimum atomic E-state index is -0.0368. The van der Waals surface area contributed by atoms with E-state index in [1.54, 1.807) is 18.1 Å². The molecule has 2 rings (SSSR count). The van der Waals surface area contributed by atoms with Crippen molar-refractivity contribution >= 4 is 40.3 Å². The third-order valence-corrected chi connectivity index (χ3v) is 5.03. The van der Waals surface area contributed by atoms with Gasteiger partial charge in [-0.3, -0.25) is 9.69 Å². The van der Waals surface area contributed by atoms with E-state index in [9.17, 15) is 4.79 Å². The topological polar surface area (TPSA) is 38.8 Å². The number of carbonyl (C=O) groups is 1. The molecule has 1 heterocycles. The van der Waals surface area contributed by atoms with E-state index >= 15 is 0 Å². The van der Waals surface area contributed by atoms with Crippen LogP contribution >= 0.6 is 24.0 Å². The summed E-state index contributed by atoms with van der Waals surface area (Å²) < 4.78 is 11.5. The first-order valence-electron chi connectivity index (χ1n) is 7.70. The molecule has 0 radical (unpaired) electrons. The molecule has 24 heavy (non-hydrogen) atoms. The predicted molar refractivity (Wildman–Crippen MR) is 103 cm³/mol. The van der Waals surface area contributed by atoms with Gasteiger partial charge in [0.25, 0.3) is 5.91 Å². The summed E-state index contributed by atoms with van der Waals surface area (Å²) in [6.45, 7) is 8.08. The molecule has 1 saturated heterocycles. The second-order valence-corrected chi connectivity index (χ2v) is 6.99. The van der Waals surface area contributed by atoms with Gasteiger partial charge in [-0.15, -0.1) is 0 Å². The van der Waals surface area contributed by atoms with Crippen LogP contribution < -0.4 is 9.47 Å². The van der Waals surface area contributed by atoms with Gasteiger partial charge >= 0.3 is 0 Å². The second-order valence-electron chi connectivity index (χ2n) is 5.32. The summed E-state index contributed by atoms with van der Waals surface area (Å²) in [5, 5.41) is 0. The summed E-state index contributed by atoms with van der Waals surface area (Å²) in [5.74, 6) is 1.22. The molecular weight excluding hydrogens is 342 g/mol. The van der Waals surface area contributed by atoms with Gasteiger partial charge in [-0.2, -0.15) is 0 Å². The smallest absolute Gasteiger partial charge is 0.266 e. The van der Waals surface area contributed by atoms with Crippen molar-refractivity contribution in [1.29, 1.82) is 0 Å². The first kappa shape index (κ1) is 18.5. The van der Waals surface area contributed by atoms with E-state index in [2.05, 4.69) is 6.58 Å². The van der Waals surface area contributed by atoms with Crippen LogP contribution in [-0.2, 0) is 4.79 Å². The van der Waals surface area contributed by atoms with Crippen LogP contribution in [0.4, 0.5) is 0 Å². The maximum absolute atomic E-state index is 12.6. The minimum Gasteiger partial charge on any atom is -0.493 e. The molecule has 0 aliphatic carbocycles. The number of benzene rings is 1. The van der Waals surface area contributed by atoms with E-state index in [4.69, 9.17) is 21.7 Å². The van der Waals surface area contributed by atoms with Gasteiger partial charge < -0.3 is 9.47 Å². The van der Waals surface area contributed by atoms with E-state index in [1.165, 1.54) is 11.8 Å². The monoisotopic (exact) mass is 363 g/mol. The Bertz CT molecular complexity index is 685. The highest BCUT2D eigenvalue weighted by Gasteiger charge is 2.34. The van der Waals surface area contributed by atoms with Crippen LogP contribution in [0.2, 0.25) is 0 Å². The lowest BCUT2D eigenvalue weighted by Crippen LogP contribution is -2.36. The van der Waals surface area contributed by atoms with Crippen LogP contribution in [0.3, 0.4) is 0 Å². The Morgan fingerprint density at radius 2 is 2.17 bits per heavy atom. The van der Waals surface area contributed by atoms with Gasteiger partial charge in [-0.25, -0.2) is 0 Å². The van der Waals surface area contributed by atoms with Gasteiger partial charge in [0.2, 0.25) is 0 Å². The van der Waals surface area contributed by atoms with E-state index in [-0.39, 0.29) is 11.9 Å². The fourth-order valence-electron chi connectivity index (χ4n) is 2.24. The Morgan fingerprint density at radius 3 is 2.79 bits per heavy atom. The number of nitrogens with zero attached hydrogens (tertiary/aromatic N) is 1. The molecule has 0 aromatic heterocycles. The molecule has 0 spiro atoms. The molecule has 1 aliphatic rings. The molecule has 0 saturated carbocycles. The maximum Gasteiger partial charge on any atom is 0.266 e. The normalized spacial score (nSPS) is 17.3. The Kier molecular flexibility index (Phi) is 6.45. The summed E-state index contributed by atoms with van der Waals surface area (Å²) in [4.78, 5) is 14.9. The zero-order valence-corrected chi connectivity index (χ0v) is 15.7. The molecule has 6 heteroatoms. The van der Waals surface area contributed by atoms with Crippen LogP contribution in [0.5, 0.6) is 11.5 Å². The molecule has 1 fully saturated rings. The van der Waals surface area contributed by atoms with Crippen molar-refractivity contribution in [2.75, 3.05) is 13.7 Å². The van der Waals surface area contributed by atoms with Gasteiger partial charge in [0.05, 0.1) is 12.0 Å². The first-order chi connectivity index (χ1) is 11.5. The molecule has 0 N–H and O–H groups in total. The lowest BCUT2D eigenvalue weighted by molar-refractivity contribution is -0.123. The zero-order chi connectivity index (χ0) is 17.7. The molecule has 1 unspecified atom stereocenters. The zero-order valence-electron chi connectivity index (χ0n) is 14.1. The SMILES string of the molecule is C=CCOc1ccc(/C=C2/SC(=S)N(C(C)CC)C2=O)cc1OC. The number of thioether (sulfide) groups is 1. The average Bonchev–Trinajstić information content (AvgIpc) is 2.86. The Balaban J connectivity index is 2.26. The van der Waals surface area contributed by atoms with Crippen LogP contribution in [0.15, 0.2) is 35.8 Å². The fourth-order valence-corrected chi connectivity index (χ4v) is 3.70. The largest absolute Gasteiger partial charge is 0.493 e.